The zero-order valence-corrected chi connectivity index (χ0v) is 16.8. The molecule has 3 rings (SSSR count). The average molecular weight is 362 g/mol. The van der Waals surface area contributed by atoms with Crippen molar-refractivity contribution in [3.63, 3.8) is 0 Å². The molecule has 5 heteroatoms. The molecule has 4 nitrogen and oxygen atoms in total. The number of phenols is 1. The van der Waals surface area contributed by atoms with E-state index in [9.17, 15) is 5.11 Å². The molecule has 1 aromatic carbocycles. The van der Waals surface area contributed by atoms with Gasteiger partial charge in [0.2, 0.25) is 0 Å². The number of aryl methyl sites for hydroxylation is 1. The first kappa shape index (κ1) is 18.2. The van der Waals surface area contributed by atoms with Crippen molar-refractivity contribution in [1.29, 1.82) is 0 Å². The van der Waals surface area contributed by atoms with Crippen LogP contribution in [0.5, 0.6) is 5.75 Å². The van der Waals surface area contributed by atoms with Crippen LogP contribution in [-0.2, 0) is 23.7 Å². The molecule has 0 bridgehead atoms. The summed E-state index contributed by atoms with van der Waals surface area (Å²) < 4.78 is 0. The van der Waals surface area contributed by atoms with E-state index in [-0.39, 0.29) is 22.0 Å². The molecule has 1 aliphatic carbocycles. The second-order valence-electron chi connectivity index (χ2n) is 9.11. The number of hydrogen-bond acceptors (Lipinski definition) is 3. The molecule has 2 aromatic rings. The number of benzene rings is 1. The summed E-state index contributed by atoms with van der Waals surface area (Å²) >= 11 is 6.27. The van der Waals surface area contributed by atoms with Crippen LogP contribution in [0.1, 0.15) is 70.5 Å². The fourth-order valence-corrected chi connectivity index (χ4v) is 3.46. The van der Waals surface area contributed by atoms with Gasteiger partial charge in [0.1, 0.15) is 11.4 Å². The van der Waals surface area contributed by atoms with Gasteiger partial charge in [-0.3, -0.25) is 0 Å². The lowest BCUT2D eigenvalue weighted by molar-refractivity contribution is 0.437. The number of fused-ring (bicyclic) bond motifs is 1. The first-order valence-electron chi connectivity index (χ1n) is 8.94. The quantitative estimate of drug-likeness (QED) is 0.751. The minimum absolute atomic E-state index is 0.0313. The second kappa shape index (κ2) is 6.01. The zero-order valence-electron chi connectivity index (χ0n) is 16.0. The molecule has 0 saturated heterocycles. The van der Waals surface area contributed by atoms with E-state index in [4.69, 9.17) is 11.6 Å². The van der Waals surface area contributed by atoms with Gasteiger partial charge >= 0.3 is 0 Å². The van der Waals surface area contributed by atoms with Crippen molar-refractivity contribution in [2.45, 2.75) is 77.0 Å². The van der Waals surface area contributed by atoms with Crippen LogP contribution in [0.15, 0.2) is 12.1 Å². The Morgan fingerprint density at radius 1 is 1.04 bits per heavy atom. The molecule has 1 unspecified atom stereocenters. The monoisotopic (exact) mass is 361 g/mol. The van der Waals surface area contributed by atoms with Gasteiger partial charge in [-0.15, -0.1) is 16.4 Å². The van der Waals surface area contributed by atoms with Crippen molar-refractivity contribution < 1.29 is 5.11 Å². The highest BCUT2D eigenvalue weighted by atomic mass is 35.5. The topological polar surface area (TPSA) is 50.9 Å². The van der Waals surface area contributed by atoms with Crippen molar-refractivity contribution in [3.8, 4) is 11.4 Å². The van der Waals surface area contributed by atoms with Crippen LogP contribution >= 0.6 is 11.6 Å². The highest BCUT2D eigenvalue weighted by Gasteiger charge is 2.28. The summed E-state index contributed by atoms with van der Waals surface area (Å²) in [7, 11) is 0. The molecule has 25 heavy (non-hydrogen) atoms. The number of nitrogens with zero attached hydrogens (tertiary/aromatic N) is 3. The number of phenolic OH excluding ortho intramolecular Hbond substituents is 1. The molecule has 1 N–H and O–H groups in total. The predicted molar refractivity (Wildman–Crippen MR) is 102 cm³/mol. The third-order valence-electron chi connectivity index (χ3n) is 4.85. The molecular formula is C20H28ClN3O. The molecule has 1 atom stereocenters. The number of hydrogen-bond donors (Lipinski definition) is 1. The number of halogens is 1. The molecule has 0 amide bonds. The van der Waals surface area contributed by atoms with Crippen LogP contribution in [-0.4, -0.2) is 25.5 Å². The van der Waals surface area contributed by atoms with E-state index in [1.165, 1.54) is 0 Å². The van der Waals surface area contributed by atoms with E-state index in [1.807, 2.05) is 6.07 Å². The lowest BCUT2D eigenvalue weighted by atomic mass is 9.80. The van der Waals surface area contributed by atoms with Crippen molar-refractivity contribution in [1.82, 2.24) is 15.0 Å². The highest BCUT2D eigenvalue weighted by Crippen LogP contribution is 2.39. The second-order valence-corrected chi connectivity index (χ2v) is 9.73. The van der Waals surface area contributed by atoms with Crippen LogP contribution in [0.3, 0.4) is 0 Å². The highest BCUT2D eigenvalue weighted by molar-refractivity contribution is 6.20. The van der Waals surface area contributed by atoms with Crippen molar-refractivity contribution in [3.05, 3.63) is 34.6 Å². The Balaban J connectivity index is 2.19. The van der Waals surface area contributed by atoms with E-state index in [1.54, 1.807) is 4.80 Å². The van der Waals surface area contributed by atoms with Gasteiger partial charge in [0.15, 0.2) is 0 Å². The molecule has 0 saturated carbocycles. The van der Waals surface area contributed by atoms with Gasteiger partial charge in [0.05, 0.1) is 11.4 Å². The van der Waals surface area contributed by atoms with Crippen LogP contribution in [0.2, 0.25) is 0 Å². The van der Waals surface area contributed by atoms with Crippen LogP contribution < -0.4 is 0 Å². The van der Waals surface area contributed by atoms with Gasteiger partial charge in [0, 0.05) is 17.4 Å². The number of rotatable bonds is 1. The van der Waals surface area contributed by atoms with E-state index in [0.717, 1.165) is 41.8 Å². The van der Waals surface area contributed by atoms with Crippen LogP contribution in [0, 0.1) is 0 Å². The van der Waals surface area contributed by atoms with E-state index < -0.39 is 0 Å². The van der Waals surface area contributed by atoms with Crippen LogP contribution in [0.25, 0.3) is 5.69 Å². The summed E-state index contributed by atoms with van der Waals surface area (Å²) in [6, 6.07) is 4.12. The zero-order chi connectivity index (χ0) is 18.6. The van der Waals surface area contributed by atoms with Crippen LogP contribution in [0.4, 0.5) is 0 Å². The maximum Gasteiger partial charge on any atom is 0.146 e. The molecule has 1 aliphatic rings. The van der Waals surface area contributed by atoms with E-state index in [0.29, 0.717) is 5.69 Å². The lowest BCUT2D eigenvalue weighted by Gasteiger charge is -2.27. The van der Waals surface area contributed by atoms with Gasteiger partial charge in [-0.2, -0.15) is 10.2 Å². The Morgan fingerprint density at radius 3 is 2.28 bits per heavy atom. The van der Waals surface area contributed by atoms with E-state index in [2.05, 4.69) is 57.8 Å². The largest absolute Gasteiger partial charge is 0.505 e. The number of aromatic nitrogens is 3. The summed E-state index contributed by atoms with van der Waals surface area (Å²) in [6.45, 7) is 12.9. The van der Waals surface area contributed by atoms with Crippen molar-refractivity contribution >= 4 is 11.6 Å². The van der Waals surface area contributed by atoms with Crippen molar-refractivity contribution in [2.24, 2.45) is 0 Å². The smallest absolute Gasteiger partial charge is 0.146 e. The SMILES string of the molecule is CC(C)(C)c1cc(-n2nc3c(n2)CC(Cl)CC3)c(O)c(C(C)(C)C)c1. The predicted octanol–water partition coefficient (Wildman–Crippen LogP) is 4.66. The van der Waals surface area contributed by atoms with Gasteiger partial charge in [-0.1, -0.05) is 47.6 Å². The third-order valence-corrected chi connectivity index (χ3v) is 5.23. The summed E-state index contributed by atoms with van der Waals surface area (Å²) in [5, 5.41) is 20.4. The standard InChI is InChI=1S/C20H28ClN3O/c1-19(2,3)12-9-14(20(4,5)6)18(25)17(10-12)24-22-15-8-7-13(21)11-16(15)23-24/h9-10,13,25H,7-8,11H2,1-6H3. The molecule has 136 valence electrons. The minimum atomic E-state index is -0.173. The van der Waals surface area contributed by atoms with Gasteiger partial charge < -0.3 is 5.11 Å². The first-order valence-corrected chi connectivity index (χ1v) is 9.38. The molecular weight excluding hydrogens is 334 g/mol. The first-order chi connectivity index (χ1) is 11.5. The summed E-state index contributed by atoms with van der Waals surface area (Å²) in [5.74, 6) is 0.260. The maximum atomic E-state index is 11.0. The number of alkyl halides is 1. The fourth-order valence-electron chi connectivity index (χ4n) is 3.21. The molecule has 1 aromatic heterocycles. The normalized spacial score (nSPS) is 18.3. The lowest BCUT2D eigenvalue weighted by Crippen LogP contribution is -2.18. The Hall–Kier alpha value is -1.55. The maximum absolute atomic E-state index is 11.0. The molecule has 0 aliphatic heterocycles. The minimum Gasteiger partial charge on any atom is -0.505 e. The van der Waals surface area contributed by atoms with Gasteiger partial charge in [0.25, 0.3) is 0 Å². The molecule has 0 fully saturated rings. The third kappa shape index (κ3) is 3.55. The van der Waals surface area contributed by atoms with Gasteiger partial charge in [-0.05, 0) is 35.3 Å². The Morgan fingerprint density at radius 2 is 1.68 bits per heavy atom. The fraction of sp³-hybridized carbons (Fsp3) is 0.600. The van der Waals surface area contributed by atoms with Gasteiger partial charge in [-0.25, -0.2) is 0 Å². The number of aromatic hydroxyl groups is 1. The molecule has 0 radical (unpaired) electrons. The summed E-state index contributed by atoms with van der Waals surface area (Å²) in [5.41, 5.74) is 4.47. The Kier molecular flexibility index (Phi) is 4.39. The summed E-state index contributed by atoms with van der Waals surface area (Å²) in [4.78, 5) is 1.60. The Labute approximate surface area is 155 Å². The Bertz CT molecular complexity index is 796. The molecule has 0 spiro atoms. The molecule has 1 heterocycles. The van der Waals surface area contributed by atoms with E-state index >= 15 is 0 Å². The van der Waals surface area contributed by atoms with Crippen molar-refractivity contribution in [2.75, 3.05) is 0 Å². The summed E-state index contributed by atoms with van der Waals surface area (Å²) in [6.07, 6.45) is 2.51. The average Bonchev–Trinajstić information content (AvgIpc) is 2.87.